The van der Waals surface area contributed by atoms with Gasteiger partial charge in [0.2, 0.25) is 0 Å². The summed E-state index contributed by atoms with van der Waals surface area (Å²) < 4.78 is 5.59. The molecule has 2 aliphatic rings. The van der Waals surface area contributed by atoms with Crippen molar-refractivity contribution in [3.63, 3.8) is 0 Å². The Morgan fingerprint density at radius 3 is 2.79 bits per heavy atom. The van der Waals surface area contributed by atoms with E-state index in [0.29, 0.717) is 38.3 Å². The predicted molar refractivity (Wildman–Crippen MR) is 99.8 cm³/mol. The van der Waals surface area contributed by atoms with Gasteiger partial charge in [0.25, 0.3) is 0 Å². The standard InChI is InChI=1S/C17H26N4O2S/c1-17(2)6-11-15(13(22)7-17)14(16(19)24)10(8-20-3)12(21-11)9-23-5-4-18/h14,21H,3-9,18H2,1-2H3,(H2,19,24). The number of carbonyl (C=O) groups is 1. The minimum Gasteiger partial charge on any atom is -0.393 e. The van der Waals surface area contributed by atoms with Gasteiger partial charge in [0, 0.05) is 29.9 Å². The van der Waals surface area contributed by atoms with Crippen molar-refractivity contribution in [3.05, 3.63) is 22.5 Å². The Bertz CT molecular complexity index is 622. The van der Waals surface area contributed by atoms with Gasteiger partial charge in [-0.3, -0.25) is 9.79 Å². The average Bonchev–Trinajstić information content (AvgIpc) is 2.47. The number of nitrogens with two attached hydrogens (primary N) is 2. The third-order valence-corrected chi connectivity index (χ3v) is 4.56. The van der Waals surface area contributed by atoms with E-state index in [1.807, 2.05) is 0 Å². The Labute approximate surface area is 148 Å². The summed E-state index contributed by atoms with van der Waals surface area (Å²) in [6.45, 7) is 9.34. The first-order chi connectivity index (χ1) is 11.3. The molecule has 1 atom stereocenters. The molecule has 5 N–H and O–H groups in total. The lowest BCUT2D eigenvalue weighted by Gasteiger charge is -2.39. The first-order valence-electron chi connectivity index (χ1n) is 8.05. The second-order valence-corrected chi connectivity index (χ2v) is 7.49. The van der Waals surface area contributed by atoms with Crippen LogP contribution in [0.2, 0.25) is 0 Å². The topological polar surface area (TPSA) is 103 Å². The summed E-state index contributed by atoms with van der Waals surface area (Å²) in [5.74, 6) is -0.308. The van der Waals surface area contributed by atoms with E-state index < -0.39 is 5.92 Å². The SMILES string of the molecule is C=NCC1=C(COCCN)NC2=C(C(=O)CC(C)(C)C2)C1C(N)=S. The van der Waals surface area contributed by atoms with Gasteiger partial charge in [0.05, 0.1) is 30.7 Å². The van der Waals surface area contributed by atoms with Gasteiger partial charge >= 0.3 is 0 Å². The van der Waals surface area contributed by atoms with Crippen molar-refractivity contribution in [1.82, 2.24) is 5.32 Å². The molecule has 6 nitrogen and oxygen atoms in total. The van der Waals surface area contributed by atoms with Crippen LogP contribution >= 0.6 is 12.2 Å². The highest BCUT2D eigenvalue weighted by Gasteiger charge is 2.41. The summed E-state index contributed by atoms with van der Waals surface area (Å²) in [4.78, 5) is 17.0. The van der Waals surface area contributed by atoms with Gasteiger partial charge in [-0.05, 0) is 24.1 Å². The minimum absolute atomic E-state index is 0.0926. The first-order valence-corrected chi connectivity index (χ1v) is 8.46. The second kappa shape index (κ2) is 7.55. The van der Waals surface area contributed by atoms with Gasteiger partial charge in [0.1, 0.15) is 0 Å². The molecule has 0 aromatic rings. The largest absolute Gasteiger partial charge is 0.393 e. The third-order valence-electron chi connectivity index (χ3n) is 4.32. The Hall–Kier alpha value is -1.57. The summed E-state index contributed by atoms with van der Waals surface area (Å²) in [6, 6.07) is 0. The number of rotatable bonds is 7. The van der Waals surface area contributed by atoms with Crippen LogP contribution in [0, 0.1) is 11.3 Å². The van der Waals surface area contributed by atoms with Crippen molar-refractivity contribution in [2.24, 2.45) is 27.8 Å². The molecule has 1 heterocycles. The molecule has 0 spiro atoms. The van der Waals surface area contributed by atoms with Gasteiger partial charge in [-0.15, -0.1) is 0 Å². The zero-order chi connectivity index (χ0) is 17.9. The van der Waals surface area contributed by atoms with Crippen LogP contribution < -0.4 is 16.8 Å². The Kier molecular flexibility index (Phi) is 5.90. The summed E-state index contributed by atoms with van der Waals surface area (Å²) in [7, 11) is 0. The number of carbonyl (C=O) groups excluding carboxylic acids is 1. The normalized spacial score (nSPS) is 23.0. The molecule has 0 aromatic heterocycles. The van der Waals surface area contributed by atoms with E-state index >= 15 is 0 Å². The molecule has 7 heteroatoms. The quantitative estimate of drug-likeness (QED) is 0.360. The number of nitrogens with zero attached hydrogens (tertiary/aromatic N) is 1. The number of ketones is 1. The number of ether oxygens (including phenoxy) is 1. The number of hydrogen-bond donors (Lipinski definition) is 3. The highest BCUT2D eigenvalue weighted by Crippen LogP contribution is 2.42. The maximum Gasteiger partial charge on any atom is 0.162 e. The molecule has 0 amide bonds. The van der Waals surface area contributed by atoms with Crippen LogP contribution in [-0.4, -0.2) is 43.8 Å². The highest BCUT2D eigenvalue weighted by atomic mass is 32.1. The molecule has 0 fully saturated rings. The molecular formula is C17H26N4O2S. The molecule has 0 bridgehead atoms. The zero-order valence-corrected chi connectivity index (χ0v) is 15.2. The Morgan fingerprint density at radius 2 is 2.21 bits per heavy atom. The molecule has 0 saturated heterocycles. The number of hydrogen-bond acceptors (Lipinski definition) is 6. The number of aliphatic imine (C=N–C) groups is 1. The molecule has 0 aromatic carbocycles. The molecular weight excluding hydrogens is 324 g/mol. The van der Waals surface area contributed by atoms with E-state index in [0.717, 1.165) is 23.4 Å². The van der Waals surface area contributed by atoms with Crippen LogP contribution in [0.3, 0.4) is 0 Å². The van der Waals surface area contributed by atoms with E-state index in [2.05, 4.69) is 30.9 Å². The third kappa shape index (κ3) is 3.91. The Balaban J connectivity index is 2.45. The van der Waals surface area contributed by atoms with E-state index in [-0.39, 0.29) is 16.2 Å². The molecule has 24 heavy (non-hydrogen) atoms. The molecule has 1 aliphatic heterocycles. The fraction of sp³-hybridized carbons (Fsp3) is 0.588. The van der Waals surface area contributed by atoms with Gasteiger partial charge in [-0.1, -0.05) is 26.1 Å². The van der Waals surface area contributed by atoms with Gasteiger partial charge in [-0.2, -0.15) is 0 Å². The maximum absolute atomic E-state index is 12.7. The van der Waals surface area contributed by atoms with Crippen LogP contribution in [0.4, 0.5) is 0 Å². The smallest absolute Gasteiger partial charge is 0.162 e. The number of thiocarbonyl (C=S) groups is 1. The van der Waals surface area contributed by atoms with Crippen LogP contribution in [0.1, 0.15) is 26.7 Å². The van der Waals surface area contributed by atoms with Crippen LogP contribution in [-0.2, 0) is 9.53 Å². The van der Waals surface area contributed by atoms with E-state index in [9.17, 15) is 4.79 Å². The van der Waals surface area contributed by atoms with E-state index in [1.54, 1.807) is 0 Å². The average molecular weight is 350 g/mol. The van der Waals surface area contributed by atoms with Crippen LogP contribution in [0.15, 0.2) is 27.5 Å². The maximum atomic E-state index is 12.7. The molecule has 0 radical (unpaired) electrons. The van der Waals surface area contributed by atoms with Crippen molar-refractivity contribution < 1.29 is 9.53 Å². The summed E-state index contributed by atoms with van der Waals surface area (Å²) in [5.41, 5.74) is 14.7. The summed E-state index contributed by atoms with van der Waals surface area (Å²) in [5, 5.41) is 3.39. The highest BCUT2D eigenvalue weighted by molar-refractivity contribution is 7.80. The van der Waals surface area contributed by atoms with E-state index in [4.69, 9.17) is 28.4 Å². The van der Waals surface area contributed by atoms with Crippen molar-refractivity contribution in [1.29, 1.82) is 0 Å². The number of Topliss-reactive ketones (excluding diaryl/α,β-unsaturated/α-hetero) is 1. The predicted octanol–water partition coefficient (Wildman–Crippen LogP) is 1.07. The summed E-state index contributed by atoms with van der Waals surface area (Å²) >= 11 is 5.28. The van der Waals surface area contributed by atoms with Crippen molar-refractivity contribution in [3.8, 4) is 0 Å². The van der Waals surface area contributed by atoms with E-state index in [1.165, 1.54) is 0 Å². The first kappa shape index (κ1) is 18.8. The van der Waals surface area contributed by atoms with Crippen molar-refractivity contribution >= 4 is 29.7 Å². The Morgan fingerprint density at radius 1 is 1.50 bits per heavy atom. The lowest BCUT2D eigenvalue weighted by atomic mass is 9.70. The lowest BCUT2D eigenvalue weighted by Crippen LogP contribution is -2.43. The minimum atomic E-state index is -0.401. The van der Waals surface area contributed by atoms with Crippen LogP contribution in [0.5, 0.6) is 0 Å². The number of allylic oxidation sites excluding steroid dienone is 1. The van der Waals surface area contributed by atoms with Gasteiger partial charge in [0.15, 0.2) is 5.78 Å². The monoisotopic (exact) mass is 350 g/mol. The molecule has 2 rings (SSSR count). The number of dihydropyridines is 1. The van der Waals surface area contributed by atoms with Crippen LogP contribution in [0.25, 0.3) is 0 Å². The van der Waals surface area contributed by atoms with Crippen molar-refractivity contribution in [2.45, 2.75) is 26.7 Å². The molecule has 1 aliphatic carbocycles. The molecule has 0 saturated carbocycles. The lowest BCUT2D eigenvalue weighted by molar-refractivity contribution is -0.118. The van der Waals surface area contributed by atoms with Gasteiger partial charge < -0.3 is 21.5 Å². The van der Waals surface area contributed by atoms with Crippen molar-refractivity contribution in [2.75, 3.05) is 26.3 Å². The molecule has 1 unspecified atom stereocenters. The second-order valence-electron chi connectivity index (χ2n) is 7.02. The fourth-order valence-electron chi connectivity index (χ4n) is 3.40. The fourth-order valence-corrected chi connectivity index (χ4v) is 3.66. The number of nitrogens with one attached hydrogen (secondary N) is 1. The van der Waals surface area contributed by atoms with Gasteiger partial charge in [-0.25, -0.2) is 0 Å². The molecule has 132 valence electrons. The summed E-state index contributed by atoms with van der Waals surface area (Å²) in [6.07, 6.45) is 1.25. The zero-order valence-electron chi connectivity index (χ0n) is 14.4.